The van der Waals surface area contributed by atoms with E-state index < -0.39 is 20.7 Å². The topological polar surface area (TPSA) is 116 Å². The molecule has 0 radical (unpaired) electrons. The molecule has 0 aliphatic heterocycles. The lowest BCUT2D eigenvalue weighted by molar-refractivity contribution is 0.289. The summed E-state index contributed by atoms with van der Waals surface area (Å²) >= 11 is 0. The zero-order chi connectivity index (χ0) is 14.7. The van der Waals surface area contributed by atoms with Crippen LogP contribution in [0.25, 0.3) is 0 Å². The molecule has 1 aromatic rings. The SMILES string of the molecule is CCOS(=O)(=O)OS(=O)(=O)N(C)c1cccc(N)c1. The molecule has 0 atom stereocenters. The highest BCUT2D eigenvalue weighted by atomic mass is 32.3. The number of hydrogen-bond acceptors (Lipinski definition) is 7. The molecule has 0 saturated carbocycles. The first-order valence-corrected chi connectivity index (χ1v) is 7.82. The molecule has 2 N–H and O–H groups in total. The Morgan fingerprint density at radius 1 is 1.26 bits per heavy atom. The second-order valence-electron chi connectivity index (χ2n) is 3.40. The molecule has 1 rings (SSSR count). The summed E-state index contributed by atoms with van der Waals surface area (Å²) in [4.78, 5) is 0. The molecule has 8 nitrogen and oxygen atoms in total. The van der Waals surface area contributed by atoms with Crippen molar-refractivity contribution in [2.24, 2.45) is 0 Å². The Kier molecular flexibility index (Phi) is 4.74. The van der Waals surface area contributed by atoms with E-state index in [0.29, 0.717) is 9.99 Å². The van der Waals surface area contributed by atoms with Gasteiger partial charge in [0.25, 0.3) is 0 Å². The van der Waals surface area contributed by atoms with Crippen LogP contribution >= 0.6 is 0 Å². The smallest absolute Gasteiger partial charge is 0.399 e. The van der Waals surface area contributed by atoms with Crippen LogP contribution in [0.3, 0.4) is 0 Å². The van der Waals surface area contributed by atoms with Gasteiger partial charge in [0.05, 0.1) is 12.3 Å². The number of nitrogens with two attached hydrogens (primary N) is 1. The zero-order valence-electron chi connectivity index (χ0n) is 10.3. The third kappa shape index (κ3) is 4.35. The maximum Gasteiger partial charge on any atom is 0.415 e. The lowest BCUT2D eigenvalue weighted by Gasteiger charge is -2.18. The van der Waals surface area contributed by atoms with E-state index in [-0.39, 0.29) is 12.3 Å². The van der Waals surface area contributed by atoms with Crippen LogP contribution in [0.4, 0.5) is 11.4 Å². The average molecular weight is 310 g/mol. The minimum Gasteiger partial charge on any atom is -0.399 e. The number of benzene rings is 1. The van der Waals surface area contributed by atoms with Crippen LogP contribution in [0.15, 0.2) is 24.3 Å². The zero-order valence-corrected chi connectivity index (χ0v) is 11.9. The van der Waals surface area contributed by atoms with Gasteiger partial charge in [-0.3, -0.25) is 0 Å². The summed E-state index contributed by atoms with van der Waals surface area (Å²) in [7, 11) is -8.03. The summed E-state index contributed by atoms with van der Waals surface area (Å²) in [6.07, 6.45) is 0. The summed E-state index contributed by atoms with van der Waals surface area (Å²) in [5.41, 5.74) is 5.99. The molecule has 0 aliphatic carbocycles. The number of nitrogen functional groups attached to an aromatic ring is 1. The van der Waals surface area contributed by atoms with Crippen LogP contribution in [0.2, 0.25) is 0 Å². The first kappa shape index (κ1) is 15.7. The molecule has 10 heteroatoms. The Morgan fingerprint density at radius 3 is 2.42 bits per heavy atom. The molecular weight excluding hydrogens is 296 g/mol. The van der Waals surface area contributed by atoms with E-state index in [1.54, 1.807) is 6.07 Å². The van der Waals surface area contributed by atoms with Crippen LogP contribution in [0.5, 0.6) is 0 Å². The molecular formula is C9H14N2O6S2. The Hall–Kier alpha value is -1.36. The summed E-state index contributed by atoms with van der Waals surface area (Å²) in [6, 6.07) is 5.87. The van der Waals surface area contributed by atoms with Crippen molar-refractivity contribution in [1.29, 1.82) is 0 Å². The van der Waals surface area contributed by atoms with Gasteiger partial charge in [-0.1, -0.05) is 6.07 Å². The summed E-state index contributed by atoms with van der Waals surface area (Å²) in [5, 5.41) is 0. The fourth-order valence-electron chi connectivity index (χ4n) is 1.16. The predicted octanol–water partition coefficient (Wildman–Crippen LogP) is 0.248. The highest BCUT2D eigenvalue weighted by Crippen LogP contribution is 2.20. The minimum atomic E-state index is -4.61. The molecule has 0 unspecified atom stereocenters. The summed E-state index contributed by atoms with van der Waals surface area (Å²) in [5.74, 6) is 0. The van der Waals surface area contributed by atoms with E-state index in [9.17, 15) is 16.8 Å². The Morgan fingerprint density at radius 2 is 1.89 bits per heavy atom. The normalized spacial score (nSPS) is 12.3. The van der Waals surface area contributed by atoms with E-state index in [0.717, 1.165) is 7.05 Å². The summed E-state index contributed by atoms with van der Waals surface area (Å²) < 4.78 is 54.7. The van der Waals surface area contributed by atoms with Gasteiger partial charge in [0.15, 0.2) is 0 Å². The van der Waals surface area contributed by atoms with E-state index in [1.165, 1.54) is 25.1 Å². The fourth-order valence-corrected chi connectivity index (χ4v) is 3.19. The standard InChI is InChI=1S/C9H14N2O6S2/c1-3-16-19(14,15)17-18(12,13)11(2)9-6-4-5-8(10)7-9/h4-7H,3,10H2,1-2H3. The maximum atomic E-state index is 11.7. The largest absolute Gasteiger partial charge is 0.415 e. The number of anilines is 2. The summed E-state index contributed by atoms with van der Waals surface area (Å²) in [6.45, 7) is 1.15. The van der Waals surface area contributed by atoms with E-state index in [2.05, 4.69) is 7.81 Å². The van der Waals surface area contributed by atoms with Gasteiger partial charge in [-0.15, -0.1) is 3.63 Å². The van der Waals surface area contributed by atoms with Crippen LogP contribution in [-0.4, -0.2) is 30.5 Å². The van der Waals surface area contributed by atoms with Crippen molar-refractivity contribution in [1.82, 2.24) is 0 Å². The van der Waals surface area contributed by atoms with Crippen molar-refractivity contribution < 1.29 is 24.6 Å². The first-order valence-electron chi connectivity index (χ1n) is 5.13. The van der Waals surface area contributed by atoms with Crippen LogP contribution in [0, 0.1) is 0 Å². The van der Waals surface area contributed by atoms with Gasteiger partial charge < -0.3 is 5.73 Å². The highest BCUT2D eigenvalue weighted by molar-refractivity contribution is 7.98. The molecule has 0 heterocycles. The van der Waals surface area contributed by atoms with E-state index in [1.807, 2.05) is 0 Å². The van der Waals surface area contributed by atoms with Crippen LogP contribution < -0.4 is 10.0 Å². The number of rotatable bonds is 6. The Labute approximate surface area is 112 Å². The quantitative estimate of drug-likeness (QED) is 0.748. The average Bonchev–Trinajstić information content (AvgIpc) is 2.26. The second-order valence-corrected chi connectivity index (χ2v) is 6.40. The third-order valence-corrected chi connectivity index (χ3v) is 4.76. The van der Waals surface area contributed by atoms with Crippen molar-refractivity contribution in [3.8, 4) is 0 Å². The second kappa shape index (κ2) is 5.74. The molecule has 0 aromatic heterocycles. The minimum absolute atomic E-state index is 0.159. The number of nitrogens with zero attached hydrogens (tertiary/aromatic N) is 1. The molecule has 0 aliphatic rings. The van der Waals surface area contributed by atoms with Crippen molar-refractivity contribution >= 4 is 32.1 Å². The van der Waals surface area contributed by atoms with Crippen LogP contribution in [0.1, 0.15) is 6.92 Å². The predicted molar refractivity (Wildman–Crippen MR) is 69.8 cm³/mol. The first-order chi connectivity index (χ1) is 8.68. The molecule has 1 aromatic carbocycles. The fraction of sp³-hybridized carbons (Fsp3) is 0.333. The van der Waals surface area contributed by atoms with Gasteiger partial charge in [0.1, 0.15) is 0 Å². The van der Waals surface area contributed by atoms with Crippen molar-refractivity contribution in [2.75, 3.05) is 23.7 Å². The lowest BCUT2D eigenvalue weighted by atomic mass is 10.3. The third-order valence-electron chi connectivity index (χ3n) is 2.00. The highest BCUT2D eigenvalue weighted by Gasteiger charge is 2.28. The van der Waals surface area contributed by atoms with E-state index >= 15 is 0 Å². The van der Waals surface area contributed by atoms with E-state index in [4.69, 9.17) is 5.73 Å². The number of hydrogen-bond donors (Lipinski definition) is 1. The van der Waals surface area contributed by atoms with Crippen molar-refractivity contribution in [3.05, 3.63) is 24.3 Å². The molecule has 0 amide bonds. The van der Waals surface area contributed by atoms with Crippen molar-refractivity contribution in [3.63, 3.8) is 0 Å². The van der Waals surface area contributed by atoms with Gasteiger partial charge in [-0.2, -0.15) is 16.8 Å². The molecule has 0 bridgehead atoms. The Bertz CT molecular complexity index is 640. The van der Waals surface area contributed by atoms with Crippen molar-refractivity contribution in [2.45, 2.75) is 6.92 Å². The monoisotopic (exact) mass is 310 g/mol. The van der Waals surface area contributed by atoms with Crippen LogP contribution in [-0.2, 0) is 28.5 Å². The Balaban J connectivity index is 3.01. The van der Waals surface area contributed by atoms with Gasteiger partial charge in [0, 0.05) is 12.7 Å². The molecule has 0 fully saturated rings. The molecule has 0 spiro atoms. The van der Waals surface area contributed by atoms with Gasteiger partial charge >= 0.3 is 20.7 Å². The molecule has 19 heavy (non-hydrogen) atoms. The van der Waals surface area contributed by atoms with Gasteiger partial charge in [-0.05, 0) is 25.1 Å². The maximum absolute atomic E-state index is 11.7. The van der Waals surface area contributed by atoms with Gasteiger partial charge in [-0.25, -0.2) is 8.49 Å². The lowest BCUT2D eigenvalue weighted by Crippen LogP contribution is -2.31. The van der Waals surface area contributed by atoms with Gasteiger partial charge in [0.2, 0.25) is 0 Å². The molecule has 0 saturated heterocycles. The molecule has 108 valence electrons.